The summed E-state index contributed by atoms with van der Waals surface area (Å²) in [5, 5.41) is 6.68. The Bertz CT molecular complexity index is 933. The van der Waals surface area contributed by atoms with Gasteiger partial charge in [-0.05, 0) is 39.3 Å². The van der Waals surface area contributed by atoms with E-state index in [-0.39, 0.29) is 18.0 Å². The average molecular weight is 369 g/mol. The van der Waals surface area contributed by atoms with Crippen LogP contribution >= 0.6 is 0 Å². The molecule has 2 N–H and O–H groups in total. The molecule has 0 amide bonds. The zero-order valence-electron chi connectivity index (χ0n) is 15.6. The van der Waals surface area contributed by atoms with Crippen molar-refractivity contribution >= 4 is 11.5 Å². The summed E-state index contributed by atoms with van der Waals surface area (Å²) in [7, 11) is 0. The largest absolute Gasteiger partial charge is 0.491 e. The minimum absolute atomic E-state index is 0.0923. The third-order valence-electron chi connectivity index (χ3n) is 4.56. The monoisotopic (exact) mass is 369 g/mol. The fourth-order valence-corrected chi connectivity index (χ4v) is 3.38. The zero-order valence-corrected chi connectivity index (χ0v) is 15.6. The van der Waals surface area contributed by atoms with Crippen LogP contribution in [-0.4, -0.2) is 39.6 Å². The third-order valence-corrected chi connectivity index (χ3v) is 4.56. The molecule has 3 aromatic rings. The number of rotatable bonds is 5. The summed E-state index contributed by atoms with van der Waals surface area (Å²) in [5.74, 6) is 0.989. The van der Waals surface area contributed by atoms with Crippen LogP contribution < -0.4 is 15.4 Å². The van der Waals surface area contributed by atoms with Crippen LogP contribution in [0.4, 0.5) is 10.2 Å². The van der Waals surface area contributed by atoms with Crippen molar-refractivity contribution in [2.24, 2.45) is 0 Å². The number of halogens is 1. The second kappa shape index (κ2) is 7.52. The number of aromatic nitrogens is 3. The van der Waals surface area contributed by atoms with Gasteiger partial charge in [-0.2, -0.15) is 0 Å². The van der Waals surface area contributed by atoms with Gasteiger partial charge in [-0.1, -0.05) is 0 Å². The quantitative estimate of drug-likeness (QED) is 0.721. The summed E-state index contributed by atoms with van der Waals surface area (Å²) >= 11 is 0. The molecule has 0 radical (unpaired) electrons. The lowest BCUT2D eigenvalue weighted by Crippen LogP contribution is -2.38. The Morgan fingerprint density at radius 2 is 2.22 bits per heavy atom. The number of pyridine rings is 2. The molecule has 142 valence electrons. The van der Waals surface area contributed by atoms with E-state index in [2.05, 4.69) is 20.6 Å². The van der Waals surface area contributed by atoms with Gasteiger partial charge in [0.05, 0.1) is 23.7 Å². The second-order valence-corrected chi connectivity index (χ2v) is 7.14. The van der Waals surface area contributed by atoms with Crippen molar-refractivity contribution in [2.45, 2.75) is 38.8 Å². The highest BCUT2D eigenvalue weighted by Crippen LogP contribution is 2.25. The Labute approximate surface area is 157 Å². The van der Waals surface area contributed by atoms with Crippen LogP contribution in [0.3, 0.4) is 0 Å². The van der Waals surface area contributed by atoms with Gasteiger partial charge >= 0.3 is 0 Å². The highest BCUT2D eigenvalue weighted by Gasteiger charge is 2.15. The van der Waals surface area contributed by atoms with Crippen molar-refractivity contribution < 1.29 is 9.13 Å². The SMILES string of the molecule is CC(C)Oc1ccn2c(-c3cc(F)cc(NC4CCCNC4)n3)cnc2c1. The molecule has 0 aromatic carbocycles. The van der Waals surface area contributed by atoms with Gasteiger partial charge in [-0.25, -0.2) is 14.4 Å². The number of piperidine rings is 1. The van der Waals surface area contributed by atoms with Crippen LogP contribution in [0.5, 0.6) is 5.75 Å². The van der Waals surface area contributed by atoms with Gasteiger partial charge in [0.1, 0.15) is 23.0 Å². The van der Waals surface area contributed by atoms with Gasteiger partial charge in [0.25, 0.3) is 0 Å². The Morgan fingerprint density at radius 1 is 1.33 bits per heavy atom. The Balaban J connectivity index is 1.64. The first kappa shape index (κ1) is 17.7. The van der Waals surface area contributed by atoms with Crippen LogP contribution in [0.1, 0.15) is 26.7 Å². The number of hydrogen-bond donors (Lipinski definition) is 2. The first-order valence-electron chi connectivity index (χ1n) is 9.37. The van der Waals surface area contributed by atoms with E-state index >= 15 is 0 Å². The van der Waals surface area contributed by atoms with Crippen molar-refractivity contribution in [3.8, 4) is 17.1 Å². The van der Waals surface area contributed by atoms with Gasteiger partial charge < -0.3 is 15.4 Å². The highest BCUT2D eigenvalue weighted by atomic mass is 19.1. The molecule has 0 bridgehead atoms. The Morgan fingerprint density at radius 3 is 3.00 bits per heavy atom. The van der Waals surface area contributed by atoms with Crippen LogP contribution in [0.25, 0.3) is 17.0 Å². The molecule has 1 aliphatic heterocycles. The molecular formula is C20H24FN5O. The molecule has 1 aliphatic rings. The first-order valence-corrected chi connectivity index (χ1v) is 9.37. The molecule has 6 nitrogen and oxygen atoms in total. The lowest BCUT2D eigenvalue weighted by atomic mass is 10.1. The number of fused-ring (bicyclic) bond motifs is 1. The third kappa shape index (κ3) is 4.03. The lowest BCUT2D eigenvalue weighted by Gasteiger charge is -2.24. The molecule has 0 spiro atoms. The zero-order chi connectivity index (χ0) is 18.8. The molecule has 3 aromatic heterocycles. The average Bonchev–Trinajstić information content (AvgIpc) is 3.05. The molecule has 1 saturated heterocycles. The number of hydrogen-bond acceptors (Lipinski definition) is 5. The summed E-state index contributed by atoms with van der Waals surface area (Å²) in [6, 6.07) is 6.89. The van der Waals surface area contributed by atoms with Crippen LogP contribution in [0.15, 0.2) is 36.7 Å². The summed E-state index contributed by atoms with van der Waals surface area (Å²) in [6.07, 6.45) is 5.83. The van der Waals surface area contributed by atoms with Crippen LogP contribution in [-0.2, 0) is 0 Å². The van der Waals surface area contributed by atoms with E-state index in [0.717, 1.165) is 43.0 Å². The number of imidazole rings is 1. The molecule has 7 heteroatoms. The lowest BCUT2D eigenvalue weighted by molar-refractivity contribution is 0.242. The maximum atomic E-state index is 14.2. The van der Waals surface area contributed by atoms with Crippen molar-refractivity contribution in [3.05, 3.63) is 42.5 Å². The van der Waals surface area contributed by atoms with Crippen LogP contribution in [0, 0.1) is 5.82 Å². The maximum Gasteiger partial charge on any atom is 0.140 e. The smallest absolute Gasteiger partial charge is 0.140 e. The van der Waals surface area contributed by atoms with Crippen LogP contribution in [0.2, 0.25) is 0 Å². The molecule has 0 aliphatic carbocycles. The van der Waals surface area contributed by atoms with E-state index in [1.54, 1.807) is 6.20 Å². The number of anilines is 1. The van der Waals surface area contributed by atoms with Crippen molar-refractivity contribution in [2.75, 3.05) is 18.4 Å². The number of ether oxygens (including phenoxy) is 1. The molecule has 1 unspecified atom stereocenters. The van der Waals surface area contributed by atoms with E-state index in [1.165, 1.54) is 12.1 Å². The normalized spacial score (nSPS) is 17.4. The summed E-state index contributed by atoms with van der Waals surface area (Å²) < 4.78 is 21.8. The van der Waals surface area contributed by atoms with Gasteiger partial charge in [-0.3, -0.25) is 4.40 Å². The standard InChI is InChI=1S/C20H24FN5O/c1-13(2)27-16-5-7-26-18(12-23-20(26)10-16)17-8-14(21)9-19(25-17)24-15-4-3-6-22-11-15/h5,7-10,12-13,15,22H,3-4,6,11H2,1-2H3,(H,24,25). The Hall–Kier alpha value is -2.67. The van der Waals surface area contributed by atoms with Crippen molar-refractivity contribution in [1.29, 1.82) is 0 Å². The molecular weight excluding hydrogens is 345 g/mol. The van der Waals surface area contributed by atoms with E-state index in [1.807, 2.05) is 36.6 Å². The summed E-state index contributed by atoms with van der Waals surface area (Å²) in [6.45, 7) is 5.86. The molecule has 27 heavy (non-hydrogen) atoms. The molecule has 1 atom stereocenters. The fraction of sp³-hybridized carbons (Fsp3) is 0.400. The topological polar surface area (TPSA) is 63.5 Å². The van der Waals surface area contributed by atoms with Gasteiger partial charge in [-0.15, -0.1) is 0 Å². The van der Waals surface area contributed by atoms with E-state index in [9.17, 15) is 4.39 Å². The molecule has 4 rings (SSSR count). The first-order chi connectivity index (χ1) is 13.1. The maximum absolute atomic E-state index is 14.2. The Kier molecular flexibility index (Phi) is 4.94. The second-order valence-electron chi connectivity index (χ2n) is 7.14. The number of nitrogens with one attached hydrogen (secondary N) is 2. The predicted octanol–water partition coefficient (Wildman–Crippen LogP) is 3.49. The highest BCUT2D eigenvalue weighted by molar-refractivity contribution is 5.63. The molecule has 1 fully saturated rings. The number of nitrogens with zero attached hydrogens (tertiary/aromatic N) is 3. The molecule has 4 heterocycles. The predicted molar refractivity (Wildman–Crippen MR) is 104 cm³/mol. The summed E-state index contributed by atoms with van der Waals surface area (Å²) in [5.41, 5.74) is 2.02. The van der Waals surface area contributed by atoms with Gasteiger partial charge in [0, 0.05) is 37.0 Å². The minimum Gasteiger partial charge on any atom is -0.491 e. The van der Waals surface area contributed by atoms with Crippen molar-refractivity contribution in [3.63, 3.8) is 0 Å². The molecule has 0 saturated carbocycles. The summed E-state index contributed by atoms with van der Waals surface area (Å²) in [4.78, 5) is 9.05. The van der Waals surface area contributed by atoms with E-state index in [4.69, 9.17) is 4.74 Å². The fourth-order valence-electron chi connectivity index (χ4n) is 3.38. The van der Waals surface area contributed by atoms with Gasteiger partial charge in [0.2, 0.25) is 0 Å². The van der Waals surface area contributed by atoms with Crippen molar-refractivity contribution in [1.82, 2.24) is 19.7 Å². The van der Waals surface area contributed by atoms with Gasteiger partial charge in [0.15, 0.2) is 0 Å². The van der Waals surface area contributed by atoms with E-state index < -0.39 is 0 Å². The van der Waals surface area contributed by atoms with E-state index in [0.29, 0.717) is 11.5 Å². The minimum atomic E-state index is -0.319.